The highest BCUT2D eigenvalue weighted by Gasteiger charge is 2.42. The van der Waals surface area contributed by atoms with Crippen molar-refractivity contribution in [3.8, 4) is 11.5 Å². The number of unbranched alkanes of at least 4 members (excludes halogenated alkanes) is 4. The van der Waals surface area contributed by atoms with Gasteiger partial charge in [-0.3, -0.25) is 9.69 Å². The molecule has 6 nitrogen and oxygen atoms in total. The number of aliphatic carboxylic acids is 1. The van der Waals surface area contributed by atoms with Gasteiger partial charge in [0, 0.05) is 0 Å². The fourth-order valence-electron chi connectivity index (χ4n) is 3.88. The lowest BCUT2D eigenvalue weighted by molar-refractivity contribution is -0.147. The third-order valence-electron chi connectivity index (χ3n) is 6.07. The molecule has 1 fully saturated rings. The predicted molar refractivity (Wildman–Crippen MR) is 142 cm³/mol. The Bertz CT molecular complexity index is 901. The van der Waals surface area contributed by atoms with Gasteiger partial charge in [-0.05, 0) is 49.5 Å². The number of carboxylic acids is 1. The average Bonchev–Trinajstić information content (AvgIpc) is 3.07. The number of rotatable bonds is 14. The maximum atomic E-state index is 13.0. The number of carbonyl (C=O) groups excluding carboxylic acids is 1. The number of carbonyl (C=O) groups is 2. The zero-order chi connectivity index (χ0) is 25.3. The second-order valence-electron chi connectivity index (χ2n) is 8.76. The van der Waals surface area contributed by atoms with Gasteiger partial charge < -0.3 is 14.6 Å². The Morgan fingerprint density at radius 1 is 1.18 bits per heavy atom. The first-order chi connectivity index (χ1) is 16.2. The molecule has 2 rings (SSSR count). The van der Waals surface area contributed by atoms with E-state index in [4.69, 9.17) is 21.7 Å². The Morgan fingerprint density at radius 3 is 2.50 bits per heavy atom. The van der Waals surface area contributed by atoms with E-state index in [1.54, 1.807) is 13.2 Å². The molecule has 1 N–H and O–H groups in total. The molecular weight excluding hydrogens is 470 g/mol. The normalized spacial score (nSPS) is 17.7. The van der Waals surface area contributed by atoms with Crippen LogP contribution in [0.2, 0.25) is 0 Å². The van der Waals surface area contributed by atoms with Crippen molar-refractivity contribution in [1.29, 1.82) is 0 Å². The second-order valence-corrected chi connectivity index (χ2v) is 10.4. The molecule has 0 spiro atoms. The van der Waals surface area contributed by atoms with Gasteiger partial charge in [-0.25, -0.2) is 4.79 Å². The number of nitrogens with zero attached hydrogens (tertiary/aromatic N) is 1. The molecule has 0 aromatic heterocycles. The topological polar surface area (TPSA) is 76.1 Å². The smallest absolute Gasteiger partial charge is 0.327 e. The summed E-state index contributed by atoms with van der Waals surface area (Å²) in [6.45, 7) is 7.99. The molecular formula is C26H37NO5S2. The molecule has 3 atom stereocenters. The van der Waals surface area contributed by atoms with Crippen molar-refractivity contribution in [2.75, 3.05) is 7.11 Å². The van der Waals surface area contributed by atoms with Crippen LogP contribution in [-0.4, -0.2) is 45.5 Å². The monoisotopic (exact) mass is 507 g/mol. The summed E-state index contributed by atoms with van der Waals surface area (Å²) in [5.74, 6) is -0.390. The number of methoxy groups -OCH3 is 1. The quantitative estimate of drug-likeness (QED) is 0.174. The summed E-state index contributed by atoms with van der Waals surface area (Å²) >= 11 is 6.49. The largest absolute Gasteiger partial charge is 0.493 e. The molecule has 0 bridgehead atoms. The van der Waals surface area contributed by atoms with Crippen molar-refractivity contribution in [2.45, 2.75) is 84.8 Å². The molecule has 1 saturated heterocycles. The van der Waals surface area contributed by atoms with Crippen LogP contribution in [0.1, 0.15) is 78.2 Å². The van der Waals surface area contributed by atoms with E-state index in [0.29, 0.717) is 22.8 Å². The molecule has 1 aliphatic heterocycles. The zero-order valence-electron chi connectivity index (χ0n) is 20.8. The maximum absolute atomic E-state index is 13.0. The lowest BCUT2D eigenvalue weighted by Crippen LogP contribution is -2.47. The summed E-state index contributed by atoms with van der Waals surface area (Å²) in [6, 6.07) is 4.55. The van der Waals surface area contributed by atoms with Gasteiger partial charge in [-0.15, -0.1) is 0 Å². The minimum atomic E-state index is -1.05. The van der Waals surface area contributed by atoms with Crippen molar-refractivity contribution in [1.82, 2.24) is 4.90 Å². The molecule has 1 amide bonds. The molecule has 1 aromatic rings. The van der Waals surface area contributed by atoms with Crippen molar-refractivity contribution >= 4 is 46.3 Å². The molecule has 0 radical (unpaired) electrons. The Hall–Kier alpha value is -2.06. The van der Waals surface area contributed by atoms with Gasteiger partial charge >= 0.3 is 5.97 Å². The van der Waals surface area contributed by atoms with E-state index in [1.807, 2.05) is 32.0 Å². The summed E-state index contributed by atoms with van der Waals surface area (Å²) in [4.78, 5) is 26.5. The molecule has 0 saturated carbocycles. The zero-order valence-corrected chi connectivity index (χ0v) is 22.5. The lowest BCUT2D eigenvalue weighted by Gasteiger charge is -2.27. The van der Waals surface area contributed by atoms with Crippen molar-refractivity contribution < 1.29 is 24.2 Å². The number of amides is 1. The standard InChI is InChI=1S/C26H37NO5S2/c1-6-8-9-10-11-12-18(4)32-20-14-13-19(15-21(20)31-5)16-22-24(28)27(26(33)34-22)23(25(29)30)17(3)7-2/h13-18,23H,6-12H2,1-5H3,(H,29,30)/b22-16+/t17-,18+,23-/m1/s1. The maximum Gasteiger partial charge on any atom is 0.327 e. The van der Waals surface area contributed by atoms with Gasteiger partial charge in [0.25, 0.3) is 5.91 Å². The minimum absolute atomic E-state index is 0.0751. The Balaban J connectivity index is 2.13. The number of thioether (sulfide) groups is 1. The molecule has 34 heavy (non-hydrogen) atoms. The SMILES string of the molecule is CCCCCCC[C@H](C)Oc1ccc(/C=C2/SC(=S)N([C@@H](C(=O)O)[C@H](C)CC)C2=O)cc1OC. The summed E-state index contributed by atoms with van der Waals surface area (Å²) < 4.78 is 11.9. The van der Waals surface area contributed by atoms with Gasteiger partial charge in [0.05, 0.1) is 18.1 Å². The molecule has 1 aromatic carbocycles. The van der Waals surface area contributed by atoms with Crippen LogP contribution in [0.5, 0.6) is 11.5 Å². The van der Waals surface area contributed by atoms with E-state index in [2.05, 4.69) is 13.8 Å². The van der Waals surface area contributed by atoms with Crippen LogP contribution < -0.4 is 9.47 Å². The number of hydrogen-bond donors (Lipinski definition) is 1. The lowest BCUT2D eigenvalue weighted by atomic mass is 9.98. The number of hydrogen-bond acceptors (Lipinski definition) is 6. The number of ether oxygens (including phenoxy) is 2. The van der Waals surface area contributed by atoms with Crippen molar-refractivity contribution in [2.24, 2.45) is 5.92 Å². The summed E-state index contributed by atoms with van der Waals surface area (Å²) in [7, 11) is 1.59. The van der Waals surface area contributed by atoms with Crippen LogP contribution in [0.3, 0.4) is 0 Å². The van der Waals surface area contributed by atoms with E-state index in [-0.39, 0.29) is 22.2 Å². The van der Waals surface area contributed by atoms with E-state index in [9.17, 15) is 14.7 Å². The van der Waals surface area contributed by atoms with Crippen LogP contribution in [0, 0.1) is 5.92 Å². The molecule has 1 heterocycles. The highest BCUT2D eigenvalue weighted by Crippen LogP contribution is 2.37. The fraction of sp³-hybridized carbons (Fsp3) is 0.577. The molecule has 0 aliphatic carbocycles. The third kappa shape index (κ3) is 7.47. The first-order valence-electron chi connectivity index (χ1n) is 12.1. The van der Waals surface area contributed by atoms with Gasteiger partial charge in [-0.2, -0.15) is 0 Å². The molecule has 8 heteroatoms. The first kappa shape index (κ1) is 28.2. The van der Waals surface area contributed by atoms with Crippen LogP contribution >= 0.6 is 24.0 Å². The van der Waals surface area contributed by atoms with Gasteiger partial charge in [0.2, 0.25) is 0 Å². The highest BCUT2D eigenvalue weighted by atomic mass is 32.2. The number of thiocarbonyl (C=S) groups is 1. The predicted octanol–water partition coefficient (Wildman–Crippen LogP) is 6.52. The Kier molecular flexibility index (Phi) is 11.4. The Labute approximate surface area is 213 Å². The van der Waals surface area contributed by atoms with E-state index >= 15 is 0 Å². The number of carboxylic acid groups (broad SMARTS) is 1. The van der Waals surface area contributed by atoms with E-state index in [1.165, 1.54) is 30.6 Å². The molecule has 1 aliphatic rings. The summed E-state index contributed by atoms with van der Waals surface area (Å²) in [5, 5.41) is 9.70. The summed E-state index contributed by atoms with van der Waals surface area (Å²) in [5.41, 5.74) is 0.757. The molecule has 0 unspecified atom stereocenters. The Morgan fingerprint density at radius 2 is 1.88 bits per heavy atom. The van der Waals surface area contributed by atoms with Gasteiger partial charge in [0.1, 0.15) is 10.4 Å². The van der Waals surface area contributed by atoms with Crippen molar-refractivity contribution in [3.63, 3.8) is 0 Å². The average molecular weight is 508 g/mol. The van der Waals surface area contributed by atoms with Gasteiger partial charge in [-0.1, -0.05) is 82.9 Å². The third-order valence-corrected chi connectivity index (χ3v) is 7.40. The first-order valence-corrected chi connectivity index (χ1v) is 13.3. The highest BCUT2D eigenvalue weighted by molar-refractivity contribution is 8.26. The van der Waals surface area contributed by atoms with Crippen LogP contribution in [0.4, 0.5) is 0 Å². The minimum Gasteiger partial charge on any atom is -0.493 e. The van der Waals surface area contributed by atoms with Gasteiger partial charge in [0.15, 0.2) is 11.5 Å². The summed E-state index contributed by atoms with van der Waals surface area (Å²) in [6.07, 6.45) is 9.53. The van der Waals surface area contributed by atoms with Crippen LogP contribution in [0.25, 0.3) is 6.08 Å². The fourth-order valence-corrected chi connectivity index (χ4v) is 5.21. The van der Waals surface area contributed by atoms with E-state index < -0.39 is 12.0 Å². The number of benzene rings is 1. The van der Waals surface area contributed by atoms with E-state index in [0.717, 1.165) is 30.2 Å². The van der Waals surface area contributed by atoms with Crippen LogP contribution in [-0.2, 0) is 9.59 Å². The van der Waals surface area contributed by atoms with Crippen molar-refractivity contribution in [3.05, 3.63) is 28.7 Å². The second kappa shape index (κ2) is 13.7. The van der Waals surface area contributed by atoms with Crippen LogP contribution in [0.15, 0.2) is 23.1 Å². The molecule has 188 valence electrons.